The fourth-order valence-electron chi connectivity index (χ4n) is 2.16. The molecule has 0 amide bonds. The quantitative estimate of drug-likeness (QED) is 0.821. The molecule has 2 N–H and O–H groups in total. The Balaban J connectivity index is 2.13. The van der Waals surface area contributed by atoms with Crippen molar-refractivity contribution < 1.29 is 14.6 Å². The molecule has 4 heteroatoms. The van der Waals surface area contributed by atoms with Crippen molar-refractivity contribution in [3.05, 3.63) is 59.7 Å². The average molecular weight is 287 g/mol. The first-order chi connectivity index (χ1) is 10.3. The lowest BCUT2D eigenvalue weighted by molar-refractivity contribution is 0.243. The normalized spacial score (nSPS) is 12.0. The number of rotatable bonds is 7. The molecular weight excluding hydrogens is 266 g/mol. The number of benzene rings is 2. The Morgan fingerprint density at radius 1 is 1.00 bits per heavy atom. The lowest BCUT2D eigenvalue weighted by Crippen LogP contribution is -2.24. The summed E-state index contributed by atoms with van der Waals surface area (Å²) in [5.41, 5.74) is 2.11. The monoisotopic (exact) mass is 287 g/mol. The van der Waals surface area contributed by atoms with Gasteiger partial charge in [-0.05, 0) is 23.3 Å². The van der Waals surface area contributed by atoms with E-state index in [0.717, 1.165) is 5.56 Å². The summed E-state index contributed by atoms with van der Waals surface area (Å²) in [5.74, 6) is 1.42. The predicted octanol–water partition coefficient (Wildman–Crippen LogP) is 2.53. The van der Waals surface area contributed by atoms with Gasteiger partial charge in [-0.3, -0.25) is 0 Å². The molecule has 0 spiro atoms. The molecule has 0 aliphatic rings. The second kappa shape index (κ2) is 7.67. The van der Waals surface area contributed by atoms with Crippen LogP contribution in [0.15, 0.2) is 48.5 Å². The van der Waals surface area contributed by atoms with Gasteiger partial charge in [-0.15, -0.1) is 0 Å². The summed E-state index contributed by atoms with van der Waals surface area (Å²) < 4.78 is 10.5. The minimum atomic E-state index is -0.172. The van der Waals surface area contributed by atoms with Crippen LogP contribution in [0.4, 0.5) is 0 Å². The summed E-state index contributed by atoms with van der Waals surface area (Å²) in [4.78, 5) is 0. The smallest absolute Gasteiger partial charge is 0.122 e. The number of hydrogen-bond donors (Lipinski definition) is 2. The van der Waals surface area contributed by atoms with E-state index < -0.39 is 0 Å². The minimum absolute atomic E-state index is 0.00313. The standard InChI is InChI=1S/C17H21NO3/c1-20-15-8-14(9-16(10-15)21-2)17(12-19)18-11-13-6-4-3-5-7-13/h3-10,17-19H,11-12H2,1-2H3. The van der Waals surface area contributed by atoms with E-state index in [2.05, 4.69) is 5.32 Å². The third-order valence-electron chi connectivity index (χ3n) is 3.35. The molecule has 0 saturated carbocycles. The van der Waals surface area contributed by atoms with Crippen LogP contribution >= 0.6 is 0 Å². The summed E-state index contributed by atoms with van der Waals surface area (Å²) in [6.45, 7) is 0.689. The van der Waals surface area contributed by atoms with Crippen LogP contribution in [0, 0.1) is 0 Å². The number of methoxy groups -OCH3 is 2. The van der Waals surface area contributed by atoms with Crippen molar-refractivity contribution in [2.24, 2.45) is 0 Å². The minimum Gasteiger partial charge on any atom is -0.497 e. The summed E-state index contributed by atoms with van der Waals surface area (Å²) in [6, 6.07) is 15.5. The third kappa shape index (κ3) is 4.21. The van der Waals surface area contributed by atoms with Crippen LogP contribution in [-0.4, -0.2) is 25.9 Å². The van der Waals surface area contributed by atoms with E-state index in [0.29, 0.717) is 18.0 Å². The molecule has 0 saturated heterocycles. The van der Waals surface area contributed by atoms with Crippen molar-refractivity contribution in [2.75, 3.05) is 20.8 Å². The first-order valence-electron chi connectivity index (χ1n) is 6.88. The fraction of sp³-hybridized carbons (Fsp3) is 0.294. The van der Waals surface area contributed by atoms with Gasteiger partial charge in [-0.1, -0.05) is 30.3 Å². The van der Waals surface area contributed by atoms with Crippen LogP contribution in [-0.2, 0) is 6.54 Å². The van der Waals surface area contributed by atoms with Gasteiger partial charge in [0.1, 0.15) is 11.5 Å². The zero-order valence-electron chi connectivity index (χ0n) is 12.4. The molecule has 2 aromatic rings. The van der Waals surface area contributed by atoms with Crippen molar-refractivity contribution in [1.82, 2.24) is 5.32 Å². The van der Waals surface area contributed by atoms with Crippen molar-refractivity contribution >= 4 is 0 Å². The molecule has 0 fully saturated rings. The van der Waals surface area contributed by atoms with Crippen molar-refractivity contribution in [3.8, 4) is 11.5 Å². The van der Waals surface area contributed by atoms with Crippen molar-refractivity contribution in [1.29, 1.82) is 0 Å². The Kier molecular flexibility index (Phi) is 5.60. The zero-order chi connectivity index (χ0) is 15.1. The summed E-state index contributed by atoms with van der Waals surface area (Å²) in [7, 11) is 3.23. The van der Waals surface area contributed by atoms with Gasteiger partial charge in [0.15, 0.2) is 0 Å². The highest BCUT2D eigenvalue weighted by atomic mass is 16.5. The third-order valence-corrected chi connectivity index (χ3v) is 3.35. The molecule has 0 heterocycles. The predicted molar refractivity (Wildman–Crippen MR) is 82.7 cm³/mol. The maximum absolute atomic E-state index is 9.64. The van der Waals surface area contributed by atoms with Gasteiger partial charge in [-0.25, -0.2) is 0 Å². The van der Waals surface area contributed by atoms with Crippen LogP contribution < -0.4 is 14.8 Å². The van der Waals surface area contributed by atoms with Gasteiger partial charge >= 0.3 is 0 Å². The van der Waals surface area contributed by atoms with Crippen molar-refractivity contribution in [3.63, 3.8) is 0 Å². The van der Waals surface area contributed by atoms with E-state index in [1.807, 2.05) is 48.5 Å². The van der Waals surface area contributed by atoms with Gasteiger partial charge < -0.3 is 19.9 Å². The molecule has 2 rings (SSSR count). The molecule has 0 aromatic heterocycles. The summed E-state index contributed by atoms with van der Waals surface area (Å²) in [6.07, 6.45) is 0. The van der Waals surface area contributed by atoms with E-state index in [-0.39, 0.29) is 12.6 Å². The highest BCUT2D eigenvalue weighted by Gasteiger charge is 2.12. The molecule has 0 aliphatic carbocycles. The maximum Gasteiger partial charge on any atom is 0.122 e. The zero-order valence-corrected chi connectivity index (χ0v) is 12.4. The molecule has 1 unspecified atom stereocenters. The SMILES string of the molecule is COc1cc(OC)cc(C(CO)NCc2ccccc2)c1. The number of aliphatic hydroxyl groups excluding tert-OH is 1. The van der Waals surface area contributed by atoms with Gasteiger partial charge in [0.2, 0.25) is 0 Å². The van der Waals surface area contributed by atoms with Crippen LogP contribution in [0.2, 0.25) is 0 Å². The molecule has 0 radical (unpaired) electrons. The maximum atomic E-state index is 9.64. The Morgan fingerprint density at radius 3 is 2.14 bits per heavy atom. The number of hydrogen-bond acceptors (Lipinski definition) is 4. The van der Waals surface area contributed by atoms with Gasteiger partial charge in [0, 0.05) is 12.6 Å². The molecule has 112 valence electrons. The molecule has 1 atom stereocenters. The second-order valence-electron chi connectivity index (χ2n) is 4.75. The Labute approximate surface area is 125 Å². The van der Waals surface area contributed by atoms with E-state index in [4.69, 9.17) is 9.47 Å². The number of aliphatic hydroxyl groups is 1. The Morgan fingerprint density at radius 2 is 1.62 bits per heavy atom. The van der Waals surface area contributed by atoms with E-state index >= 15 is 0 Å². The van der Waals surface area contributed by atoms with E-state index in [9.17, 15) is 5.11 Å². The average Bonchev–Trinajstić information content (AvgIpc) is 2.56. The summed E-state index contributed by atoms with van der Waals surface area (Å²) in [5, 5.41) is 13.0. The van der Waals surface area contributed by atoms with Crippen LogP contribution in [0.3, 0.4) is 0 Å². The fourth-order valence-corrected chi connectivity index (χ4v) is 2.16. The number of ether oxygens (including phenoxy) is 2. The van der Waals surface area contributed by atoms with Crippen LogP contribution in [0.1, 0.15) is 17.2 Å². The van der Waals surface area contributed by atoms with Gasteiger partial charge in [-0.2, -0.15) is 0 Å². The lowest BCUT2D eigenvalue weighted by atomic mass is 10.1. The molecule has 0 aliphatic heterocycles. The first kappa shape index (κ1) is 15.4. The highest BCUT2D eigenvalue weighted by molar-refractivity contribution is 5.40. The largest absolute Gasteiger partial charge is 0.497 e. The number of nitrogens with one attached hydrogen (secondary N) is 1. The van der Waals surface area contributed by atoms with E-state index in [1.165, 1.54) is 5.56 Å². The molecule has 2 aromatic carbocycles. The molecular formula is C17H21NO3. The van der Waals surface area contributed by atoms with Crippen molar-refractivity contribution in [2.45, 2.75) is 12.6 Å². The first-order valence-corrected chi connectivity index (χ1v) is 6.88. The van der Waals surface area contributed by atoms with Crippen LogP contribution in [0.25, 0.3) is 0 Å². The van der Waals surface area contributed by atoms with Crippen LogP contribution in [0.5, 0.6) is 11.5 Å². The van der Waals surface area contributed by atoms with Gasteiger partial charge in [0.05, 0.1) is 26.9 Å². The molecule has 0 bridgehead atoms. The molecule has 21 heavy (non-hydrogen) atoms. The lowest BCUT2D eigenvalue weighted by Gasteiger charge is -2.18. The summed E-state index contributed by atoms with van der Waals surface area (Å²) >= 11 is 0. The van der Waals surface area contributed by atoms with Gasteiger partial charge in [0.25, 0.3) is 0 Å². The second-order valence-corrected chi connectivity index (χ2v) is 4.75. The Hall–Kier alpha value is -2.04. The topological polar surface area (TPSA) is 50.7 Å². The molecule has 4 nitrogen and oxygen atoms in total. The highest BCUT2D eigenvalue weighted by Crippen LogP contribution is 2.26. The van der Waals surface area contributed by atoms with E-state index in [1.54, 1.807) is 14.2 Å². The Bertz CT molecular complexity index is 535.